The fraction of sp³-hybridized carbons (Fsp3) is 0.133. The molecule has 0 unspecified atom stereocenters. The highest BCUT2D eigenvalue weighted by atomic mass is 19.1. The van der Waals surface area contributed by atoms with E-state index in [1.807, 2.05) is 6.92 Å². The van der Waals surface area contributed by atoms with Crippen LogP contribution in [-0.2, 0) is 0 Å². The molecule has 0 aromatic heterocycles. The summed E-state index contributed by atoms with van der Waals surface area (Å²) in [5, 5.41) is 9.17. The van der Waals surface area contributed by atoms with Crippen molar-refractivity contribution in [2.45, 2.75) is 6.92 Å². The molecule has 2 aromatic rings. The second-order valence-electron chi connectivity index (χ2n) is 4.20. The molecule has 0 spiro atoms. The van der Waals surface area contributed by atoms with Crippen LogP contribution in [0.1, 0.15) is 15.9 Å². The number of methoxy groups -OCH3 is 1. The molecule has 0 saturated carbocycles. The number of rotatable bonds is 3. The minimum Gasteiger partial charge on any atom is -0.494 e. The van der Waals surface area contributed by atoms with E-state index in [9.17, 15) is 9.18 Å². The highest BCUT2D eigenvalue weighted by Gasteiger charge is 2.13. The molecule has 0 radical (unpaired) electrons. The van der Waals surface area contributed by atoms with Crippen molar-refractivity contribution in [1.29, 1.82) is 0 Å². The first kappa shape index (κ1) is 13.1. The Balaban J connectivity index is 2.61. The molecule has 4 heteroatoms. The summed E-state index contributed by atoms with van der Waals surface area (Å²) in [6, 6.07) is 9.37. The van der Waals surface area contributed by atoms with Gasteiger partial charge in [0, 0.05) is 0 Å². The molecule has 2 aromatic carbocycles. The average Bonchev–Trinajstić information content (AvgIpc) is 2.38. The van der Waals surface area contributed by atoms with E-state index in [1.165, 1.54) is 25.3 Å². The molecule has 1 N–H and O–H groups in total. The lowest BCUT2D eigenvalue weighted by Crippen LogP contribution is -2.00. The summed E-state index contributed by atoms with van der Waals surface area (Å²) in [5.41, 5.74) is 2.07. The Labute approximate surface area is 110 Å². The number of carboxylic acids is 1. The quantitative estimate of drug-likeness (QED) is 0.918. The maximum absolute atomic E-state index is 13.7. The van der Waals surface area contributed by atoms with E-state index in [4.69, 9.17) is 9.84 Å². The third-order valence-corrected chi connectivity index (χ3v) is 2.87. The fourth-order valence-electron chi connectivity index (χ4n) is 1.92. The molecular formula is C15H13FO3. The van der Waals surface area contributed by atoms with Crippen LogP contribution in [-0.4, -0.2) is 18.2 Å². The van der Waals surface area contributed by atoms with Crippen molar-refractivity contribution in [1.82, 2.24) is 0 Å². The van der Waals surface area contributed by atoms with E-state index < -0.39 is 11.8 Å². The summed E-state index contributed by atoms with van der Waals surface area (Å²) in [6.07, 6.45) is 0. The zero-order valence-electron chi connectivity index (χ0n) is 10.6. The average molecular weight is 260 g/mol. The number of carbonyl (C=O) groups is 1. The van der Waals surface area contributed by atoms with Crippen LogP contribution in [0, 0.1) is 12.7 Å². The van der Waals surface area contributed by atoms with Crippen LogP contribution in [0.2, 0.25) is 0 Å². The number of aryl methyl sites for hydroxylation is 1. The zero-order chi connectivity index (χ0) is 14.0. The summed E-state index contributed by atoms with van der Waals surface area (Å²) in [4.78, 5) is 11.2. The smallest absolute Gasteiger partial charge is 0.336 e. The standard InChI is InChI=1S/C15H13FO3/c1-9-3-5-11(15(17)18)12(7-9)10-4-6-14(19-2)13(16)8-10/h3-8H,1-2H3,(H,17,18). The molecule has 19 heavy (non-hydrogen) atoms. The zero-order valence-corrected chi connectivity index (χ0v) is 10.6. The van der Waals surface area contributed by atoms with Crippen molar-refractivity contribution >= 4 is 5.97 Å². The maximum Gasteiger partial charge on any atom is 0.336 e. The van der Waals surface area contributed by atoms with Gasteiger partial charge in [-0.3, -0.25) is 0 Å². The fourth-order valence-corrected chi connectivity index (χ4v) is 1.92. The Hall–Kier alpha value is -2.36. The number of hydrogen-bond donors (Lipinski definition) is 1. The topological polar surface area (TPSA) is 46.5 Å². The van der Waals surface area contributed by atoms with Gasteiger partial charge in [-0.15, -0.1) is 0 Å². The maximum atomic E-state index is 13.7. The van der Waals surface area contributed by atoms with Crippen LogP contribution in [0.5, 0.6) is 5.75 Å². The largest absolute Gasteiger partial charge is 0.494 e. The predicted octanol–water partition coefficient (Wildman–Crippen LogP) is 3.51. The van der Waals surface area contributed by atoms with E-state index in [2.05, 4.69) is 0 Å². The molecule has 0 heterocycles. The second-order valence-corrected chi connectivity index (χ2v) is 4.20. The third-order valence-electron chi connectivity index (χ3n) is 2.87. The van der Waals surface area contributed by atoms with Crippen molar-refractivity contribution in [3.8, 4) is 16.9 Å². The second kappa shape index (κ2) is 5.10. The molecule has 0 aliphatic rings. The van der Waals surface area contributed by atoms with E-state index in [0.29, 0.717) is 11.1 Å². The summed E-state index contributed by atoms with van der Waals surface area (Å²) >= 11 is 0. The highest BCUT2D eigenvalue weighted by Crippen LogP contribution is 2.29. The number of benzene rings is 2. The minimum atomic E-state index is -1.04. The minimum absolute atomic E-state index is 0.133. The monoisotopic (exact) mass is 260 g/mol. The van der Waals surface area contributed by atoms with Crippen LogP contribution < -0.4 is 4.74 Å². The SMILES string of the molecule is COc1ccc(-c2cc(C)ccc2C(=O)O)cc1F. The molecule has 0 fully saturated rings. The van der Waals surface area contributed by atoms with Crippen LogP contribution in [0.3, 0.4) is 0 Å². The lowest BCUT2D eigenvalue weighted by molar-refractivity contribution is 0.0697. The van der Waals surface area contributed by atoms with E-state index in [1.54, 1.807) is 18.2 Å². The van der Waals surface area contributed by atoms with Crippen LogP contribution >= 0.6 is 0 Å². The summed E-state index contributed by atoms with van der Waals surface area (Å²) < 4.78 is 18.5. The third kappa shape index (κ3) is 2.57. The molecule has 2 rings (SSSR count). The van der Waals surface area contributed by atoms with Crippen molar-refractivity contribution < 1.29 is 19.0 Å². The molecule has 0 amide bonds. The lowest BCUT2D eigenvalue weighted by Gasteiger charge is -2.09. The van der Waals surface area contributed by atoms with Crippen LogP contribution in [0.4, 0.5) is 4.39 Å². The summed E-state index contributed by atoms with van der Waals surface area (Å²) in [7, 11) is 1.38. The first-order chi connectivity index (χ1) is 9.02. The van der Waals surface area contributed by atoms with E-state index >= 15 is 0 Å². The van der Waals surface area contributed by atoms with Crippen LogP contribution in [0.15, 0.2) is 36.4 Å². The Morgan fingerprint density at radius 1 is 1.21 bits per heavy atom. The van der Waals surface area contributed by atoms with Crippen LogP contribution in [0.25, 0.3) is 11.1 Å². The van der Waals surface area contributed by atoms with Gasteiger partial charge in [0.25, 0.3) is 0 Å². The molecule has 98 valence electrons. The van der Waals surface area contributed by atoms with Gasteiger partial charge >= 0.3 is 5.97 Å². The van der Waals surface area contributed by atoms with Gasteiger partial charge in [-0.25, -0.2) is 9.18 Å². The first-order valence-electron chi connectivity index (χ1n) is 5.71. The number of carboxylic acid groups (broad SMARTS) is 1. The molecule has 0 aliphatic carbocycles. The van der Waals surface area contributed by atoms with Gasteiger partial charge in [-0.2, -0.15) is 0 Å². The Morgan fingerprint density at radius 2 is 1.95 bits per heavy atom. The van der Waals surface area contributed by atoms with Gasteiger partial charge in [0.15, 0.2) is 11.6 Å². The molecular weight excluding hydrogens is 247 g/mol. The molecule has 0 saturated heterocycles. The normalized spacial score (nSPS) is 10.3. The Bertz CT molecular complexity index is 635. The van der Waals surface area contributed by atoms with Gasteiger partial charge < -0.3 is 9.84 Å². The van der Waals surface area contributed by atoms with Crippen molar-refractivity contribution in [3.63, 3.8) is 0 Å². The number of aromatic carboxylic acids is 1. The number of hydrogen-bond acceptors (Lipinski definition) is 2. The van der Waals surface area contributed by atoms with Gasteiger partial charge in [0.2, 0.25) is 0 Å². The predicted molar refractivity (Wildman–Crippen MR) is 70.1 cm³/mol. The number of halogens is 1. The van der Waals surface area contributed by atoms with Crippen molar-refractivity contribution in [2.24, 2.45) is 0 Å². The van der Waals surface area contributed by atoms with Crippen molar-refractivity contribution in [3.05, 3.63) is 53.3 Å². The van der Waals surface area contributed by atoms with Gasteiger partial charge in [0.05, 0.1) is 12.7 Å². The van der Waals surface area contributed by atoms with Gasteiger partial charge in [-0.1, -0.05) is 23.8 Å². The molecule has 3 nitrogen and oxygen atoms in total. The van der Waals surface area contributed by atoms with Gasteiger partial charge in [-0.05, 0) is 36.2 Å². The van der Waals surface area contributed by atoms with Crippen molar-refractivity contribution in [2.75, 3.05) is 7.11 Å². The number of ether oxygens (including phenoxy) is 1. The molecule has 0 aliphatic heterocycles. The molecule has 0 atom stereocenters. The Kier molecular flexibility index (Phi) is 3.51. The highest BCUT2D eigenvalue weighted by molar-refractivity contribution is 5.96. The lowest BCUT2D eigenvalue weighted by atomic mass is 9.97. The first-order valence-corrected chi connectivity index (χ1v) is 5.71. The molecule has 0 bridgehead atoms. The van der Waals surface area contributed by atoms with E-state index in [0.717, 1.165) is 5.56 Å². The summed E-state index contributed by atoms with van der Waals surface area (Å²) in [5.74, 6) is -1.42. The Morgan fingerprint density at radius 3 is 2.53 bits per heavy atom. The van der Waals surface area contributed by atoms with Gasteiger partial charge in [0.1, 0.15) is 0 Å². The van der Waals surface area contributed by atoms with E-state index in [-0.39, 0.29) is 11.3 Å². The summed E-state index contributed by atoms with van der Waals surface area (Å²) in [6.45, 7) is 1.86.